The second-order valence-electron chi connectivity index (χ2n) is 3.84. The fraction of sp³-hybridized carbons (Fsp3) is 0. The first kappa shape index (κ1) is 15.7. The van der Waals surface area contributed by atoms with Gasteiger partial charge in [-0.15, -0.1) is 11.3 Å². The molecule has 1 aromatic heterocycles. The van der Waals surface area contributed by atoms with Crippen molar-refractivity contribution < 1.29 is 18.0 Å². The van der Waals surface area contributed by atoms with Crippen molar-refractivity contribution in [3.63, 3.8) is 0 Å². The first-order valence-electron chi connectivity index (χ1n) is 5.38. The molecule has 0 amide bonds. The number of rotatable bonds is 4. The molecule has 1 aromatic carbocycles. The molecule has 0 spiro atoms. The minimum atomic E-state index is -3.87. The number of nitrogens with two attached hydrogens (primary N) is 1. The molecule has 0 aliphatic carbocycles. The van der Waals surface area contributed by atoms with Crippen molar-refractivity contribution in [3.8, 4) is 0 Å². The fourth-order valence-electron chi connectivity index (χ4n) is 1.53. The van der Waals surface area contributed by atoms with Gasteiger partial charge in [-0.1, -0.05) is 5.16 Å². The highest BCUT2D eigenvalue weighted by molar-refractivity contribution is 9.10. The minimum absolute atomic E-state index is 0.00648. The number of hydrogen-bond acceptors (Lipinski definition) is 5. The van der Waals surface area contributed by atoms with Crippen LogP contribution in [0, 0.1) is 5.82 Å². The zero-order valence-electron chi connectivity index (χ0n) is 10.2. The molecule has 2 aromatic rings. The number of halogens is 2. The van der Waals surface area contributed by atoms with Gasteiger partial charge in [-0.25, -0.2) is 12.8 Å². The second kappa shape index (κ2) is 6.00. The molecule has 112 valence electrons. The summed E-state index contributed by atoms with van der Waals surface area (Å²) in [5.74, 6) is -1.05. The molecule has 6 nitrogen and oxygen atoms in total. The number of amidine groups is 1. The number of benzene rings is 1. The standard InChI is InChI=1S/C11H9BrFN3O3S2/c12-8-3-4-20-11(8)21(18,19)16-9-2-1-6(13)5-7(9)10(14)15-17/h1-5,16-17H,(H2,14,15). The monoisotopic (exact) mass is 393 g/mol. The van der Waals surface area contributed by atoms with E-state index >= 15 is 0 Å². The van der Waals surface area contributed by atoms with Gasteiger partial charge in [0.05, 0.1) is 5.69 Å². The average Bonchev–Trinajstić information content (AvgIpc) is 2.87. The summed E-state index contributed by atoms with van der Waals surface area (Å²) in [6.45, 7) is 0. The molecular formula is C11H9BrFN3O3S2. The zero-order chi connectivity index (χ0) is 15.6. The number of anilines is 1. The third-order valence-corrected chi connectivity index (χ3v) is 6.47. The van der Waals surface area contributed by atoms with Crippen molar-refractivity contribution in [2.75, 3.05) is 4.72 Å². The molecule has 2 rings (SSSR count). The number of hydrogen-bond donors (Lipinski definition) is 3. The third kappa shape index (κ3) is 3.34. The highest BCUT2D eigenvalue weighted by Crippen LogP contribution is 2.30. The van der Waals surface area contributed by atoms with Crippen LogP contribution >= 0.6 is 27.3 Å². The van der Waals surface area contributed by atoms with Crippen LogP contribution in [0.15, 0.2) is 43.5 Å². The van der Waals surface area contributed by atoms with Crippen molar-refractivity contribution in [2.45, 2.75) is 4.21 Å². The van der Waals surface area contributed by atoms with Crippen molar-refractivity contribution in [2.24, 2.45) is 10.9 Å². The molecular weight excluding hydrogens is 385 g/mol. The maximum Gasteiger partial charge on any atom is 0.272 e. The van der Waals surface area contributed by atoms with Crippen LogP contribution < -0.4 is 10.5 Å². The summed E-state index contributed by atoms with van der Waals surface area (Å²) in [5, 5.41) is 13.0. The molecule has 0 aliphatic rings. The molecule has 0 radical (unpaired) electrons. The van der Waals surface area contributed by atoms with Crippen LogP contribution in [0.3, 0.4) is 0 Å². The van der Waals surface area contributed by atoms with E-state index in [1.54, 1.807) is 11.4 Å². The number of sulfonamides is 1. The Kier molecular flexibility index (Phi) is 4.49. The van der Waals surface area contributed by atoms with Crippen LogP contribution in [0.1, 0.15) is 5.56 Å². The normalized spacial score (nSPS) is 12.4. The predicted octanol–water partition coefficient (Wildman–Crippen LogP) is 2.54. The Hall–Kier alpha value is -1.65. The Morgan fingerprint density at radius 3 is 2.71 bits per heavy atom. The van der Waals surface area contributed by atoms with Crippen molar-refractivity contribution in [1.29, 1.82) is 0 Å². The fourth-order valence-corrected chi connectivity index (χ4v) is 4.95. The van der Waals surface area contributed by atoms with Gasteiger partial charge < -0.3 is 10.9 Å². The lowest BCUT2D eigenvalue weighted by atomic mass is 10.1. The van der Waals surface area contributed by atoms with Crippen LogP contribution in [-0.4, -0.2) is 19.5 Å². The maximum atomic E-state index is 13.2. The van der Waals surface area contributed by atoms with Gasteiger partial charge in [0.25, 0.3) is 10.0 Å². The molecule has 1 heterocycles. The molecule has 0 bridgehead atoms. The van der Waals surface area contributed by atoms with Crippen molar-refractivity contribution in [3.05, 3.63) is 45.5 Å². The summed E-state index contributed by atoms with van der Waals surface area (Å²) in [6, 6.07) is 4.82. The Morgan fingerprint density at radius 1 is 1.43 bits per heavy atom. The van der Waals surface area contributed by atoms with E-state index in [-0.39, 0.29) is 15.5 Å². The van der Waals surface area contributed by atoms with E-state index in [9.17, 15) is 12.8 Å². The quantitative estimate of drug-likeness (QED) is 0.321. The highest BCUT2D eigenvalue weighted by atomic mass is 79.9. The van der Waals surface area contributed by atoms with Gasteiger partial charge in [0, 0.05) is 10.0 Å². The molecule has 0 aliphatic heterocycles. The average molecular weight is 394 g/mol. The summed E-state index contributed by atoms with van der Waals surface area (Å²) in [7, 11) is -3.87. The predicted molar refractivity (Wildman–Crippen MR) is 81.7 cm³/mol. The largest absolute Gasteiger partial charge is 0.409 e. The summed E-state index contributed by atoms with van der Waals surface area (Å²) < 4.78 is 40.5. The lowest BCUT2D eigenvalue weighted by Crippen LogP contribution is -2.19. The Labute approximate surface area is 132 Å². The molecule has 0 atom stereocenters. The summed E-state index contributed by atoms with van der Waals surface area (Å²) in [6.07, 6.45) is 0. The number of thiophene rings is 1. The van der Waals surface area contributed by atoms with E-state index in [2.05, 4.69) is 25.8 Å². The Balaban J connectivity index is 2.47. The van der Waals surface area contributed by atoms with E-state index in [1.165, 1.54) is 6.07 Å². The summed E-state index contributed by atoms with van der Waals surface area (Å²) >= 11 is 4.15. The molecule has 0 unspecified atom stereocenters. The molecule has 10 heteroatoms. The smallest absolute Gasteiger partial charge is 0.272 e. The van der Waals surface area contributed by atoms with E-state index in [0.29, 0.717) is 4.47 Å². The highest BCUT2D eigenvalue weighted by Gasteiger charge is 2.21. The summed E-state index contributed by atoms with van der Waals surface area (Å²) in [4.78, 5) is 0. The molecule has 0 saturated carbocycles. The molecule has 0 saturated heterocycles. The first-order chi connectivity index (χ1) is 9.85. The summed E-state index contributed by atoms with van der Waals surface area (Å²) in [5.41, 5.74) is 5.37. The van der Waals surface area contributed by atoms with Gasteiger partial charge in [0.1, 0.15) is 5.82 Å². The number of nitrogens with zero attached hydrogens (tertiary/aromatic N) is 1. The van der Waals surface area contributed by atoms with Gasteiger partial charge >= 0.3 is 0 Å². The van der Waals surface area contributed by atoms with E-state index < -0.39 is 21.7 Å². The van der Waals surface area contributed by atoms with Crippen LogP contribution in [0.2, 0.25) is 0 Å². The van der Waals surface area contributed by atoms with Crippen LogP contribution in [0.25, 0.3) is 0 Å². The zero-order valence-corrected chi connectivity index (χ0v) is 13.5. The molecule has 21 heavy (non-hydrogen) atoms. The van der Waals surface area contributed by atoms with E-state index in [0.717, 1.165) is 23.5 Å². The van der Waals surface area contributed by atoms with Gasteiger partial charge in [-0.05, 0) is 45.6 Å². The topological polar surface area (TPSA) is 105 Å². The third-order valence-electron chi connectivity index (χ3n) is 2.44. The van der Waals surface area contributed by atoms with Gasteiger partial charge in [0.15, 0.2) is 10.0 Å². The Morgan fingerprint density at radius 2 is 2.14 bits per heavy atom. The minimum Gasteiger partial charge on any atom is -0.409 e. The molecule has 0 fully saturated rings. The van der Waals surface area contributed by atoms with Crippen LogP contribution in [0.5, 0.6) is 0 Å². The van der Waals surface area contributed by atoms with Gasteiger partial charge in [-0.2, -0.15) is 0 Å². The van der Waals surface area contributed by atoms with E-state index in [4.69, 9.17) is 10.9 Å². The van der Waals surface area contributed by atoms with Crippen molar-refractivity contribution in [1.82, 2.24) is 0 Å². The number of oxime groups is 1. The van der Waals surface area contributed by atoms with Crippen molar-refractivity contribution >= 4 is 48.8 Å². The van der Waals surface area contributed by atoms with E-state index in [1.807, 2.05) is 0 Å². The van der Waals surface area contributed by atoms with Gasteiger partial charge in [-0.3, -0.25) is 4.72 Å². The molecule has 4 N–H and O–H groups in total. The SMILES string of the molecule is N/C(=N/O)c1cc(F)ccc1NS(=O)(=O)c1sccc1Br. The maximum absolute atomic E-state index is 13.2. The first-order valence-corrected chi connectivity index (χ1v) is 8.54. The number of nitrogens with one attached hydrogen (secondary N) is 1. The lowest BCUT2D eigenvalue weighted by molar-refractivity contribution is 0.318. The second-order valence-corrected chi connectivity index (χ2v) is 7.48. The van der Waals surface area contributed by atoms with Crippen LogP contribution in [-0.2, 0) is 10.0 Å². The Bertz CT molecular complexity index is 805. The lowest BCUT2D eigenvalue weighted by Gasteiger charge is -2.11. The van der Waals surface area contributed by atoms with Gasteiger partial charge in [0.2, 0.25) is 0 Å². The van der Waals surface area contributed by atoms with Crippen LogP contribution in [0.4, 0.5) is 10.1 Å².